The number of hydrogen-bond donors (Lipinski definition) is 4. The summed E-state index contributed by atoms with van der Waals surface area (Å²) in [5.41, 5.74) is -1.23. The van der Waals surface area contributed by atoms with Crippen molar-refractivity contribution < 1.29 is 50.7 Å². The van der Waals surface area contributed by atoms with Crippen LogP contribution in [0.25, 0.3) is 0 Å². The monoisotopic (exact) mass is 492 g/mol. The van der Waals surface area contributed by atoms with Crippen molar-refractivity contribution in [1.29, 1.82) is 0 Å². The first-order valence-corrected chi connectivity index (χ1v) is 12.4. The Morgan fingerprint density at radius 1 is 1.27 bits per heavy atom. The van der Waals surface area contributed by atoms with Gasteiger partial charge in [0.1, 0.15) is 6.10 Å². The number of nitrogens with zero attached hydrogens (tertiary/aromatic N) is 1. The van der Waals surface area contributed by atoms with Crippen LogP contribution in [0.15, 0.2) is 27.9 Å². The Hall–Kier alpha value is -1.21. The lowest BCUT2D eigenvalue weighted by molar-refractivity contribution is -0.00646. The molecule has 13 nitrogen and oxygen atoms in total. The summed E-state index contributed by atoms with van der Waals surface area (Å²) >= 11 is 0. The molecule has 30 heavy (non-hydrogen) atoms. The fourth-order valence-corrected chi connectivity index (χ4v) is 5.90. The number of alkyl halides is 2. The van der Waals surface area contributed by atoms with Gasteiger partial charge in [0.15, 0.2) is 6.23 Å². The van der Waals surface area contributed by atoms with Gasteiger partial charge in [-0.25, -0.2) is 9.11 Å². The molecule has 0 aromatic carbocycles. The molecule has 0 amide bonds. The Kier molecular flexibility index (Phi) is 7.00. The number of ether oxygens (including phenoxy) is 1. The lowest BCUT2D eigenvalue weighted by atomic mass is 10.3. The predicted molar refractivity (Wildman–Crippen MR) is 96.3 cm³/mol. The number of aromatic amines is 1. The lowest BCUT2D eigenvalue weighted by Crippen LogP contribution is -2.33. The predicted octanol–water partition coefficient (Wildman–Crippen LogP) is 0.522. The molecule has 1 aromatic heterocycles. The maximum atomic E-state index is 13.4. The summed E-state index contributed by atoms with van der Waals surface area (Å²) in [5, 5.41) is -5.59. The van der Waals surface area contributed by atoms with E-state index in [1.54, 1.807) is 0 Å². The van der Waals surface area contributed by atoms with Crippen molar-refractivity contribution in [3.05, 3.63) is 44.8 Å². The van der Waals surface area contributed by atoms with E-state index in [-0.39, 0.29) is 5.56 Å². The SMILES string of the molecule is [B]P(=O)(OC[C@@H]1C=C[C@H](n2cc(C)c(=O)[nH]c2=O)O1)OP(=O)(O)C(F)(F)P(=O)(O)O. The topological polar surface area (TPSA) is 194 Å². The van der Waals surface area contributed by atoms with Crippen LogP contribution >= 0.6 is 22.7 Å². The molecule has 0 bridgehead atoms. The van der Waals surface area contributed by atoms with E-state index in [4.69, 9.17) is 27.0 Å². The smallest absolute Gasteiger partial charge is 0.344 e. The molecule has 0 saturated carbocycles. The summed E-state index contributed by atoms with van der Waals surface area (Å²) in [6.45, 7) is 0.649. The summed E-state index contributed by atoms with van der Waals surface area (Å²) < 4.78 is 75.3. The zero-order valence-corrected chi connectivity index (χ0v) is 17.5. The molecule has 2 radical (unpaired) electrons. The molecule has 4 N–H and O–H groups in total. The average molecular weight is 492 g/mol. The van der Waals surface area contributed by atoms with Gasteiger partial charge in [-0.3, -0.25) is 28.0 Å². The van der Waals surface area contributed by atoms with Crippen LogP contribution in [0.4, 0.5) is 8.78 Å². The zero-order valence-electron chi connectivity index (χ0n) is 14.8. The van der Waals surface area contributed by atoms with Crippen molar-refractivity contribution in [1.82, 2.24) is 9.55 Å². The Balaban J connectivity index is 2.04. The Bertz CT molecular complexity index is 1110. The zero-order chi connectivity index (χ0) is 23.1. The van der Waals surface area contributed by atoms with Gasteiger partial charge >= 0.3 is 26.3 Å². The molecule has 1 aliphatic rings. The van der Waals surface area contributed by atoms with Crippen LogP contribution < -0.4 is 11.2 Å². The molecule has 2 heterocycles. The van der Waals surface area contributed by atoms with Gasteiger partial charge in [-0.2, -0.15) is 8.78 Å². The Morgan fingerprint density at radius 2 is 1.87 bits per heavy atom. The van der Waals surface area contributed by atoms with Crippen LogP contribution in [0, 0.1) is 6.92 Å². The quantitative estimate of drug-likeness (QED) is 0.225. The summed E-state index contributed by atoms with van der Waals surface area (Å²) in [5.74, 6) is 0. The van der Waals surface area contributed by atoms with Crippen molar-refractivity contribution in [2.45, 2.75) is 24.7 Å². The molecule has 2 rings (SSSR count). The molecule has 166 valence electrons. The van der Waals surface area contributed by atoms with E-state index in [9.17, 15) is 32.1 Å². The summed E-state index contributed by atoms with van der Waals surface area (Å²) in [6, 6.07) is 0. The second kappa shape index (κ2) is 8.38. The first-order chi connectivity index (χ1) is 13.5. The minimum absolute atomic E-state index is 0.191. The van der Waals surface area contributed by atoms with Gasteiger partial charge in [-0.15, -0.1) is 0 Å². The number of halogens is 2. The van der Waals surface area contributed by atoms with Crippen LogP contribution in [0.2, 0.25) is 0 Å². The van der Waals surface area contributed by atoms with Crippen molar-refractivity contribution in [3.63, 3.8) is 0 Å². The summed E-state index contributed by atoms with van der Waals surface area (Å²) in [4.78, 5) is 51.3. The third-order valence-electron chi connectivity index (χ3n) is 3.56. The molecular weight excluding hydrogens is 478 g/mol. The minimum atomic E-state index is -6.52. The van der Waals surface area contributed by atoms with Gasteiger partial charge < -0.3 is 23.9 Å². The first kappa shape index (κ1) is 25.1. The van der Waals surface area contributed by atoms with Gasteiger partial charge in [0.2, 0.25) is 7.57 Å². The molecule has 1 aromatic rings. The fourth-order valence-electron chi connectivity index (χ4n) is 2.09. The average Bonchev–Trinajstić information content (AvgIpc) is 3.03. The number of H-pyrrole nitrogens is 1. The van der Waals surface area contributed by atoms with E-state index >= 15 is 0 Å². The van der Waals surface area contributed by atoms with Crippen molar-refractivity contribution in [2.75, 3.05) is 6.61 Å². The highest BCUT2D eigenvalue weighted by atomic mass is 31.3. The van der Waals surface area contributed by atoms with E-state index in [0.29, 0.717) is 0 Å². The third-order valence-corrected chi connectivity index (χ3v) is 8.78. The molecule has 0 saturated heterocycles. The van der Waals surface area contributed by atoms with Crippen molar-refractivity contribution >= 4 is 30.2 Å². The van der Waals surface area contributed by atoms with E-state index in [1.165, 1.54) is 25.3 Å². The highest BCUT2D eigenvalue weighted by molar-refractivity contribution is 7.86. The lowest BCUT2D eigenvalue weighted by Gasteiger charge is -2.25. The Labute approximate surface area is 167 Å². The highest BCUT2D eigenvalue weighted by Crippen LogP contribution is 2.77. The largest absolute Gasteiger partial charge is 0.444 e. The number of hydrogen-bond acceptors (Lipinski definition) is 8. The van der Waals surface area contributed by atoms with E-state index in [0.717, 1.165) is 4.57 Å². The van der Waals surface area contributed by atoms with Gasteiger partial charge in [-0.1, -0.05) is 6.08 Å². The fraction of sp³-hybridized carbons (Fsp3) is 0.455. The normalized spacial score (nSPS) is 23.8. The van der Waals surface area contributed by atoms with Crippen LogP contribution in [-0.2, 0) is 27.3 Å². The molecule has 0 spiro atoms. The van der Waals surface area contributed by atoms with E-state index in [1.807, 2.05) is 4.98 Å². The summed E-state index contributed by atoms with van der Waals surface area (Å²) in [7, 11) is -13.3. The highest BCUT2D eigenvalue weighted by Gasteiger charge is 2.66. The van der Waals surface area contributed by atoms with Crippen LogP contribution in [0.5, 0.6) is 0 Å². The van der Waals surface area contributed by atoms with Crippen molar-refractivity contribution in [2.24, 2.45) is 0 Å². The van der Waals surface area contributed by atoms with E-state index in [2.05, 4.69) is 8.83 Å². The minimum Gasteiger partial charge on any atom is -0.344 e. The van der Waals surface area contributed by atoms with Crippen LogP contribution in [-0.4, -0.2) is 49.9 Å². The number of aryl methyl sites for hydroxylation is 1. The van der Waals surface area contributed by atoms with Crippen LogP contribution in [0.3, 0.4) is 0 Å². The molecule has 4 atom stereocenters. The maximum Gasteiger partial charge on any atom is 0.444 e. The summed E-state index contributed by atoms with van der Waals surface area (Å²) in [6.07, 6.45) is 1.68. The van der Waals surface area contributed by atoms with Gasteiger partial charge in [-0.05, 0) is 13.0 Å². The number of aromatic nitrogens is 2. The number of rotatable bonds is 8. The van der Waals surface area contributed by atoms with Crippen LogP contribution in [0.1, 0.15) is 11.8 Å². The molecular formula is C11H14BF2N2O11P3. The molecule has 0 fully saturated rings. The van der Waals surface area contributed by atoms with Crippen molar-refractivity contribution in [3.8, 4) is 0 Å². The van der Waals surface area contributed by atoms with Gasteiger partial charge in [0.25, 0.3) is 13.0 Å². The number of nitrogens with one attached hydrogen (secondary N) is 1. The third kappa shape index (κ3) is 5.34. The van der Waals surface area contributed by atoms with Gasteiger partial charge in [0.05, 0.1) is 6.61 Å². The molecule has 0 aliphatic carbocycles. The molecule has 2 unspecified atom stereocenters. The molecule has 19 heteroatoms. The second-order valence-corrected chi connectivity index (χ2v) is 11.5. The maximum absolute atomic E-state index is 13.4. The Morgan fingerprint density at radius 3 is 2.43 bits per heavy atom. The standard InChI is InChI=1S/C11H14BF2N2O11P3/c1-6-4-16(10(18)15-9(6)17)8-3-2-7(26-8)5-25-30(12,24)27-29(22,23)11(13,14)28(19,20)21/h2-4,7-8H,5H2,1H3,(H,22,23)(H,15,17,18)(H2,19,20,21)/t7-,8+,30?/m0/s1. The first-order valence-electron chi connectivity index (χ1n) is 7.63. The van der Waals surface area contributed by atoms with Gasteiger partial charge in [0, 0.05) is 11.8 Å². The molecule has 1 aliphatic heterocycles. The van der Waals surface area contributed by atoms with E-state index < -0.39 is 58.3 Å². The second-order valence-electron chi connectivity index (χ2n) is 5.92.